The van der Waals surface area contributed by atoms with Crippen molar-refractivity contribution in [3.63, 3.8) is 0 Å². The average Bonchev–Trinajstić information content (AvgIpc) is 2.13. The fourth-order valence-electron chi connectivity index (χ4n) is 2.03. The first kappa shape index (κ1) is 19.6. The van der Waals surface area contributed by atoms with Crippen molar-refractivity contribution in [3.05, 3.63) is 0 Å². The van der Waals surface area contributed by atoms with Crippen molar-refractivity contribution >= 4 is 0 Å². The first-order valence-corrected chi connectivity index (χ1v) is 10.7. The zero-order valence-electron chi connectivity index (χ0n) is 14.9. The van der Waals surface area contributed by atoms with Crippen LogP contribution in [0.4, 0.5) is 0 Å². The quantitative estimate of drug-likeness (QED) is 0.581. The van der Waals surface area contributed by atoms with Gasteiger partial charge in [-0.2, -0.15) is 0 Å². The van der Waals surface area contributed by atoms with Crippen LogP contribution in [0.5, 0.6) is 0 Å². The fourth-order valence-corrected chi connectivity index (χ4v) is 8.38. The summed E-state index contributed by atoms with van der Waals surface area (Å²) in [7, 11) is 0. The summed E-state index contributed by atoms with van der Waals surface area (Å²) in [5.74, 6) is 0. The van der Waals surface area contributed by atoms with Crippen molar-refractivity contribution in [2.24, 2.45) is 10.8 Å². The monoisotopic (exact) mass is 308 g/mol. The summed E-state index contributed by atoms with van der Waals surface area (Å²) in [6.07, 6.45) is 0. The van der Waals surface area contributed by atoms with E-state index in [9.17, 15) is 0 Å². The van der Waals surface area contributed by atoms with Gasteiger partial charge < -0.3 is 0 Å². The van der Waals surface area contributed by atoms with E-state index >= 15 is 0 Å². The van der Waals surface area contributed by atoms with Crippen molar-refractivity contribution in [2.45, 2.75) is 77.7 Å². The Hall–Kier alpha value is 0.634. The maximum absolute atomic E-state index is 6.48. The molecule has 2 nitrogen and oxygen atoms in total. The standard InChI is InChI=1S/2C5H11O.2C3H7.Ti/c2*1-5(2,3)4-6;2*1-3-2;/h2*4H2,1-3H3;2*3H,1-2H3;/q2*-1;;;+2. The molecule has 0 radical (unpaired) electrons. The Balaban J connectivity index is 4.99. The van der Waals surface area contributed by atoms with E-state index in [-0.39, 0.29) is 10.8 Å². The molecule has 0 fully saturated rings. The van der Waals surface area contributed by atoms with Crippen LogP contribution in [0, 0.1) is 10.8 Å². The normalized spacial score (nSPS) is 14.5. The molecule has 0 heterocycles. The van der Waals surface area contributed by atoms with Crippen molar-refractivity contribution in [1.82, 2.24) is 0 Å². The number of hydrogen-bond acceptors (Lipinski definition) is 2. The first-order chi connectivity index (χ1) is 8.30. The summed E-state index contributed by atoms with van der Waals surface area (Å²) < 4.78 is 14.0. The van der Waals surface area contributed by atoms with Gasteiger partial charge in [-0.1, -0.05) is 0 Å². The van der Waals surface area contributed by atoms with Crippen LogP contribution in [0.2, 0.25) is 8.45 Å². The molecule has 0 spiro atoms. The molecule has 0 aliphatic carbocycles. The molecule has 0 saturated carbocycles. The van der Waals surface area contributed by atoms with Crippen LogP contribution in [-0.4, -0.2) is 13.2 Å². The van der Waals surface area contributed by atoms with Gasteiger partial charge in [0, 0.05) is 0 Å². The zero-order chi connectivity index (χ0) is 15.5. The summed E-state index contributed by atoms with van der Waals surface area (Å²) in [6, 6.07) is 0. The Morgan fingerprint density at radius 3 is 1.11 bits per heavy atom. The Morgan fingerprint density at radius 2 is 0.947 bits per heavy atom. The van der Waals surface area contributed by atoms with Gasteiger partial charge >= 0.3 is 126 Å². The minimum atomic E-state index is -2.76. The number of hydrogen-bond donors (Lipinski definition) is 0. The average molecular weight is 308 g/mol. The molecule has 0 N–H and O–H groups in total. The molecule has 0 aromatic carbocycles. The second-order valence-electron chi connectivity index (χ2n) is 8.73. The molecule has 3 heteroatoms. The summed E-state index contributed by atoms with van der Waals surface area (Å²) in [6.45, 7) is 24.0. The van der Waals surface area contributed by atoms with Gasteiger partial charge in [0.05, 0.1) is 0 Å². The van der Waals surface area contributed by atoms with E-state index in [0.717, 1.165) is 13.2 Å². The van der Waals surface area contributed by atoms with Crippen LogP contribution >= 0.6 is 0 Å². The van der Waals surface area contributed by atoms with Crippen molar-refractivity contribution < 1.29 is 24.0 Å². The maximum atomic E-state index is 6.48. The molecular formula is C16H36O2Ti. The van der Waals surface area contributed by atoms with Crippen molar-refractivity contribution in [2.75, 3.05) is 13.2 Å². The molecule has 0 atom stereocenters. The second kappa shape index (κ2) is 7.07. The van der Waals surface area contributed by atoms with Gasteiger partial charge in [0.2, 0.25) is 0 Å². The molecule has 0 bridgehead atoms. The SMILES string of the molecule is C[CH](C)[Ti]([O]CC(C)(C)C)([O]CC(C)(C)C)[CH](C)C. The van der Waals surface area contributed by atoms with E-state index in [4.69, 9.17) is 6.64 Å². The fraction of sp³-hybridized carbons (Fsp3) is 1.00. The van der Waals surface area contributed by atoms with Crippen LogP contribution < -0.4 is 0 Å². The topological polar surface area (TPSA) is 18.5 Å². The zero-order valence-corrected chi connectivity index (χ0v) is 16.4. The predicted octanol–water partition coefficient (Wildman–Crippen LogP) is 5.75. The Morgan fingerprint density at radius 1 is 0.684 bits per heavy atom. The second-order valence-corrected chi connectivity index (χ2v) is 15.5. The molecular weight excluding hydrogens is 272 g/mol. The van der Waals surface area contributed by atoms with Gasteiger partial charge in [-0.25, -0.2) is 0 Å². The van der Waals surface area contributed by atoms with Gasteiger partial charge in [-0.15, -0.1) is 0 Å². The van der Waals surface area contributed by atoms with Crippen LogP contribution in [0.1, 0.15) is 69.2 Å². The third kappa shape index (κ3) is 7.27. The molecule has 0 amide bonds. The van der Waals surface area contributed by atoms with Crippen molar-refractivity contribution in [1.29, 1.82) is 0 Å². The van der Waals surface area contributed by atoms with Gasteiger partial charge in [0.15, 0.2) is 0 Å². The molecule has 0 aromatic rings. The molecule has 0 unspecified atom stereocenters. The molecule has 0 saturated heterocycles. The summed E-state index contributed by atoms with van der Waals surface area (Å²) in [5, 5.41) is 0. The van der Waals surface area contributed by atoms with E-state index < -0.39 is 17.4 Å². The van der Waals surface area contributed by atoms with E-state index in [0.29, 0.717) is 8.45 Å². The van der Waals surface area contributed by atoms with Crippen LogP contribution in [-0.2, 0) is 24.0 Å². The predicted molar refractivity (Wildman–Crippen MR) is 81.0 cm³/mol. The van der Waals surface area contributed by atoms with E-state index in [1.165, 1.54) is 0 Å². The van der Waals surface area contributed by atoms with Gasteiger partial charge in [-0.05, 0) is 0 Å². The van der Waals surface area contributed by atoms with Crippen molar-refractivity contribution in [3.8, 4) is 0 Å². The molecule has 0 aliphatic rings. The summed E-state index contributed by atoms with van der Waals surface area (Å²) >= 11 is -2.76. The van der Waals surface area contributed by atoms with Crippen LogP contribution in [0.15, 0.2) is 0 Å². The summed E-state index contributed by atoms with van der Waals surface area (Å²) in [4.78, 5) is 0. The summed E-state index contributed by atoms with van der Waals surface area (Å²) in [5.41, 5.74) is 0.400. The Bertz CT molecular complexity index is 231. The van der Waals surface area contributed by atoms with E-state index in [1.54, 1.807) is 0 Å². The van der Waals surface area contributed by atoms with Crippen LogP contribution in [0.25, 0.3) is 0 Å². The molecule has 19 heavy (non-hydrogen) atoms. The number of rotatable bonds is 6. The third-order valence-corrected chi connectivity index (χ3v) is 9.96. The first-order valence-electron chi connectivity index (χ1n) is 7.58. The molecule has 0 rings (SSSR count). The van der Waals surface area contributed by atoms with E-state index in [2.05, 4.69) is 69.2 Å². The van der Waals surface area contributed by atoms with Gasteiger partial charge in [-0.3, -0.25) is 0 Å². The Kier molecular flexibility index (Phi) is 7.30. The van der Waals surface area contributed by atoms with Crippen LogP contribution in [0.3, 0.4) is 0 Å². The van der Waals surface area contributed by atoms with Gasteiger partial charge in [0.25, 0.3) is 0 Å². The Labute approximate surface area is 126 Å². The molecule has 0 aliphatic heterocycles. The molecule has 0 aromatic heterocycles. The minimum absolute atomic E-state index is 0.200. The van der Waals surface area contributed by atoms with E-state index in [1.807, 2.05) is 0 Å². The molecule has 116 valence electrons. The third-order valence-electron chi connectivity index (χ3n) is 3.07. The van der Waals surface area contributed by atoms with Gasteiger partial charge in [0.1, 0.15) is 0 Å².